The van der Waals surface area contributed by atoms with Gasteiger partial charge in [-0.15, -0.1) is 0 Å². The van der Waals surface area contributed by atoms with Crippen LogP contribution in [-0.2, 0) is 24.9 Å². The van der Waals surface area contributed by atoms with Gasteiger partial charge in [0.05, 0.1) is 28.2 Å². The molecule has 0 saturated heterocycles. The Bertz CT molecular complexity index is 1200. The van der Waals surface area contributed by atoms with E-state index in [0.717, 1.165) is 42.5 Å². The van der Waals surface area contributed by atoms with Gasteiger partial charge in [0.25, 0.3) is 20.1 Å². The molecule has 0 amide bonds. The lowest BCUT2D eigenvalue weighted by atomic mass is 10.0. The van der Waals surface area contributed by atoms with Crippen LogP contribution in [0.15, 0.2) is 58.3 Å². The molecule has 1 aliphatic rings. The fourth-order valence-electron chi connectivity index (χ4n) is 3.05. The van der Waals surface area contributed by atoms with Crippen molar-refractivity contribution in [3.05, 3.63) is 59.7 Å². The molecule has 2 aromatic rings. The number of hydrogen-bond acceptors (Lipinski definition) is 6. The minimum absolute atomic E-state index is 0.0133. The van der Waals surface area contributed by atoms with Crippen molar-refractivity contribution in [1.82, 2.24) is 0 Å². The number of rotatable bonds is 6. The quantitative estimate of drug-likeness (QED) is 0.525. The average Bonchev–Trinajstić information content (AvgIpc) is 3.21. The highest BCUT2D eigenvalue weighted by atomic mass is 32.2. The van der Waals surface area contributed by atoms with E-state index in [0.29, 0.717) is 0 Å². The third kappa shape index (κ3) is 4.66. The van der Waals surface area contributed by atoms with Gasteiger partial charge in [0.1, 0.15) is 0 Å². The number of allylic oxidation sites excluding steroid dienone is 2. The summed E-state index contributed by atoms with van der Waals surface area (Å²) in [6.45, 7) is 0. The molecule has 0 bridgehead atoms. The number of nitrogens with one attached hydrogen (secondary N) is 1. The van der Waals surface area contributed by atoms with Crippen LogP contribution in [0.3, 0.4) is 0 Å². The number of hydrogen-bond donors (Lipinski definition) is 2. The first kappa shape index (κ1) is 21.0. The van der Waals surface area contributed by atoms with E-state index in [1.807, 2.05) is 0 Å². The maximum Gasteiger partial charge on any atom is 0.339 e. The minimum atomic E-state index is -4.58. The van der Waals surface area contributed by atoms with Crippen LogP contribution in [0.2, 0.25) is 0 Å². The maximum absolute atomic E-state index is 12.8. The molecule has 3 rings (SSSR count). The SMILES string of the molecule is COC(=O)c1ccc(C2=CCCC2)cc1NS(=O)(=O)c1cccc(S(=O)(=O)O)c1. The molecular weight excluding hydrogens is 418 g/mol. The number of benzene rings is 2. The van der Waals surface area contributed by atoms with Crippen LogP contribution in [0, 0.1) is 0 Å². The van der Waals surface area contributed by atoms with Gasteiger partial charge in [-0.1, -0.05) is 18.2 Å². The average molecular weight is 437 g/mol. The second-order valence-corrected chi connectivity index (χ2v) is 9.53. The molecule has 29 heavy (non-hydrogen) atoms. The van der Waals surface area contributed by atoms with Gasteiger partial charge in [-0.05, 0) is 60.7 Å². The molecule has 0 radical (unpaired) electrons. The fourth-order valence-corrected chi connectivity index (χ4v) is 4.77. The van der Waals surface area contributed by atoms with Crippen LogP contribution in [0.5, 0.6) is 0 Å². The van der Waals surface area contributed by atoms with Crippen LogP contribution >= 0.6 is 0 Å². The Balaban J connectivity index is 2.05. The molecule has 10 heteroatoms. The van der Waals surface area contributed by atoms with Gasteiger partial charge in [0, 0.05) is 0 Å². The van der Waals surface area contributed by atoms with Crippen LogP contribution < -0.4 is 4.72 Å². The Morgan fingerprint density at radius 3 is 2.41 bits per heavy atom. The van der Waals surface area contributed by atoms with E-state index in [2.05, 4.69) is 10.8 Å². The second-order valence-electron chi connectivity index (χ2n) is 6.43. The van der Waals surface area contributed by atoms with Crippen molar-refractivity contribution in [3.8, 4) is 0 Å². The zero-order valence-electron chi connectivity index (χ0n) is 15.5. The smallest absolute Gasteiger partial charge is 0.339 e. The molecule has 0 spiro atoms. The molecule has 1 aliphatic carbocycles. The summed E-state index contributed by atoms with van der Waals surface area (Å²) in [4.78, 5) is 11.2. The highest BCUT2D eigenvalue weighted by Gasteiger charge is 2.22. The van der Waals surface area contributed by atoms with Crippen molar-refractivity contribution in [3.63, 3.8) is 0 Å². The minimum Gasteiger partial charge on any atom is -0.465 e. The summed E-state index contributed by atoms with van der Waals surface area (Å²) in [6, 6.07) is 9.03. The lowest BCUT2D eigenvalue weighted by molar-refractivity contribution is 0.0602. The normalized spacial score (nSPS) is 14.3. The summed E-state index contributed by atoms with van der Waals surface area (Å²) in [5.41, 5.74) is 1.86. The van der Waals surface area contributed by atoms with Gasteiger partial charge < -0.3 is 4.74 Å². The van der Waals surface area contributed by atoms with Crippen LogP contribution in [0.1, 0.15) is 35.2 Å². The number of carbonyl (C=O) groups excluding carboxylic acids is 1. The lowest BCUT2D eigenvalue weighted by Gasteiger charge is -2.14. The molecule has 2 N–H and O–H groups in total. The molecule has 0 atom stereocenters. The Labute approximate surface area is 169 Å². The van der Waals surface area contributed by atoms with Gasteiger partial charge in [0.2, 0.25) is 0 Å². The van der Waals surface area contributed by atoms with E-state index < -0.39 is 31.0 Å². The maximum atomic E-state index is 12.8. The fraction of sp³-hybridized carbons (Fsp3) is 0.211. The summed E-state index contributed by atoms with van der Waals surface area (Å²) in [6.07, 6.45) is 4.83. The molecule has 0 aromatic heterocycles. The van der Waals surface area contributed by atoms with Crippen molar-refractivity contribution in [2.75, 3.05) is 11.8 Å². The lowest BCUT2D eigenvalue weighted by Crippen LogP contribution is -2.17. The molecular formula is C19H19NO7S2. The third-order valence-electron chi connectivity index (χ3n) is 4.49. The first-order valence-electron chi connectivity index (χ1n) is 8.64. The largest absolute Gasteiger partial charge is 0.465 e. The predicted octanol–water partition coefficient (Wildman–Crippen LogP) is 3.09. The number of anilines is 1. The zero-order chi connectivity index (χ0) is 21.2. The van der Waals surface area contributed by atoms with E-state index >= 15 is 0 Å². The van der Waals surface area contributed by atoms with Gasteiger partial charge in [-0.3, -0.25) is 9.27 Å². The molecule has 0 unspecified atom stereocenters. The van der Waals surface area contributed by atoms with Crippen LogP contribution in [0.25, 0.3) is 5.57 Å². The Morgan fingerprint density at radius 2 is 1.79 bits per heavy atom. The standard InChI is InChI=1S/C19H19NO7S2/c1-27-19(21)17-10-9-14(13-5-2-3-6-13)11-18(17)20-28(22,23)15-7-4-8-16(12-15)29(24,25)26/h4-5,7-12,20H,2-3,6H2,1H3,(H,24,25,26). The van der Waals surface area contributed by atoms with Gasteiger partial charge in [-0.25, -0.2) is 13.2 Å². The van der Waals surface area contributed by atoms with Crippen molar-refractivity contribution in [2.24, 2.45) is 0 Å². The van der Waals surface area contributed by atoms with Crippen molar-refractivity contribution < 1.29 is 30.9 Å². The van der Waals surface area contributed by atoms with E-state index in [9.17, 15) is 21.6 Å². The highest BCUT2D eigenvalue weighted by molar-refractivity contribution is 7.92. The third-order valence-corrected chi connectivity index (χ3v) is 6.71. The topological polar surface area (TPSA) is 127 Å². The first-order chi connectivity index (χ1) is 13.6. The van der Waals surface area contributed by atoms with E-state index in [-0.39, 0.29) is 16.1 Å². The number of sulfonamides is 1. The summed E-state index contributed by atoms with van der Waals surface area (Å²) < 4.78 is 64.5. The Kier molecular flexibility index (Phi) is 5.78. The second kappa shape index (κ2) is 7.97. The highest BCUT2D eigenvalue weighted by Crippen LogP contribution is 2.31. The monoisotopic (exact) mass is 437 g/mol. The zero-order valence-corrected chi connectivity index (χ0v) is 17.1. The van der Waals surface area contributed by atoms with E-state index in [1.165, 1.54) is 25.3 Å². The first-order valence-corrected chi connectivity index (χ1v) is 11.6. The molecule has 0 fully saturated rings. The molecule has 2 aromatic carbocycles. The van der Waals surface area contributed by atoms with Crippen LogP contribution in [0.4, 0.5) is 5.69 Å². The van der Waals surface area contributed by atoms with Crippen molar-refractivity contribution in [1.29, 1.82) is 0 Å². The summed E-state index contributed by atoms with van der Waals surface area (Å²) in [5.74, 6) is -0.721. The number of ether oxygens (including phenoxy) is 1. The van der Waals surface area contributed by atoms with E-state index in [4.69, 9.17) is 9.29 Å². The number of carbonyl (C=O) groups is 1. The van der Waals surface area contributed by atoms with Gasteiger partial charge >= 0.3 is 5.97 Å². The van der Waals surface area contributed by atoms with Gasteiger partial charge in [0.15, 0.2) is 0 Å². The number of esters is 1. The Morgan fingerprint density at radius 1 is 1.07 bits per heavy atom. The molecule has 0 saturated carbocycles. The molecule has 8 nitrogen and oxygen atoms in total. The molecule has 0 aliphatic heterocycles. The van der Waals surface area contributed by atoms with Crippen molar-refractivity contribution in [2.45, 2.75) is 29.1 Å². The van der Waals surface area contributed by atoms with E-state index in [1.54, 1.807) is 12.1 Å². The van der Waals surface area contributed by atoms with Crippen molar-refractivity contribution >= 4 is 37.4 Å². The van der Waals surface area contributed by atoms with Crippen LogP contribution in [-0.4, -0.2) is 34.5 Å². The predicted molar refractivity (Wildman–Crippen MR) is 107 cm³/mol. The summed E-state index contributed by atoms with van der Waals surface area (Å²) in [7, 11) is -7.64. The molecule has 0 heterocycles. The molecule has 154 valence electrons. The summed E-state index contributed by atoms with van der Waals surface area (Å²) >= 11 is 0. The number of methoxy groups -OCH3 is 1. The summed E-state index contributed by atoms with van der Waals surface area (Å²) in [5, 5.41) is 0. The van der Waals surface area contributed by atoms with Gasteiger partial charge in [-0.2, -0.15) is 8.42 Å². The Hall–Kier alpha value is -2.69.